The molecule has 2 atom stereocenters. The highest BCUT2D eigenvalue weighted by Crippen LogP contribution is 2.30. The number of hydrogen-bond acceptors (Lipinski definition) is 5. The molecule has 0 aliphatic carbocycles. The summed E-state index contributed by atoms with van der Waals surface area (Å²) in [6.07, 6.45) is 1.82. The van der Waals surface area contributed by atoms with Crippen LogP contribution in [0.1, 0.15) is 33.3 Å². The van der Waals surface area contributed by atoms with Gasteiger partial charge in [0.2, 0.25) is 5.88 Å². The molecule has 1 fully saturated rings. The number of aliphatic imine (C=N–C) groups is 1. The zero-order chi connectivity index (χ0) is 22.2. The van der Waals surface area contributed by atoms with E-state index in [-0.39, 0.29) is 24.0 Å². The Kier molecular flexibility index (Phi) is 10.5. The monoisotopic (exact) mass is 553 g/mol. The van der Waals surface area contributed by atoms with Crippen LogP contribution in [0.2, 0.25) is 0 Å². The molecule has 7 nitrogen and oxygen atoms in total. The van der Waals surface area contributed by atoms with E-state index in [0.717, 1.165) is 24.6 Å². The summed E-state index contributed by atoms with van der Waals surface area (Å²) < 4.78 is 11.5. The van der Waals surface area contributed by atoms with Gasteiger partial charge in [-0.3, -0.25) is 9.89 Å². The van der Waals surface area contributed by atoms with Crippen molar-refractivity contribution in [2.24, 2.45) is 10.9 Å². The van der Waals surface area contributed by atoms with E-state index < -0.39 is 0 Å². The molecule has 8 heteroatoms. The Bertz CT molecular complexity index is 860. The number of hydrogen-bond donors (Lipinski definition) is 2. The minimum atomic E-state index is 0. The average molecular weight is 553 g/mol. The first-order valence-electron chi connectivity index (χ1n) is 11.1. The zero-order valence-electron chi connectivity index (χ0n) is 19.7. The van der Waals surface area contributed by atoms with Crippen molar-refractivity contribution in [3.05, 3.63) is 48.2 Å². The van der Waals surface area contributed by atoms with Crippen molar-refractivity contribution in [3.8, 4) is 17.4 Å². The van der Waals surface area contributed by atoms with E-state index in [1.54, 1.807) is 7.05 Å². The third-order valence-electron chi connectivity index (χ3n) is 5.54. The number of ether oxygens (including phenoxy) is 2. The summed E-state index contributed by atoms with van der Waals surface area (Å²) in [5, 5.41) is 6.96. The molecule has 2 heterocycles. The highest BCUT2D eigenvalue weighted by molar-refractivity contribution is 14.0. The maximum atomic E-state index is 5.90. The van der Waals surface area contributed by atoms with Gasteiger partial charge in [0.1, 0.15) is 0 Å². The molecule has 1 aliphatic rings. The lowest BCUT2D eigenvalue weighted by Crippen LogP contribution is -2.46. The summed E-state index contributed by atoms with van der Waals surface area (Å²) in [7, 11) is 1.81. The second-order valence-electron chi connectivity index (χ2n) is 8.19. The Morgan fingerprint density at radius 3 is 2.53 bits per heavy atom. The lowest BCUT2D eigenvalue weighted by molar-refractivity contribution is 0.265. The summed E-state index contributed by atoms with van der Waals surface area (Å²) in [5.41, 5.74) is 1.05. The zero-order valence-corrected chi connectivity index (χ0v) is 22.0. The van der Waals surface area contributed by atoms with Crippen LogP contribution in [0.5, 0.6) is 17.4 Å². The fourth-order valence-corrected chi connectivity index (χ4v) is 3.67. The number of nitrogens with zero attached hydrogens (tertiary/aromatic N) is 3. The lowest BCUT2D eigenvalue weighted by Gasteiger charge is -2.22. The van der Waals surface area contributed by atoms with Gasteiger partial charge in [-0.25, -0.2) is 4.98 Å². The van der Waals surface area contributed by atoms with Crippen molar-refractivity contribution >= 4 is 29.9 Å². The Morgan fingerprint density at radius 1 is 1.19 bits per heavy atom. The average Bonchev–Trinajstić information content (AvgIpc) is 3.14. The molecule has 2 N–H and O–H groups in total. The van der Waals surface area contributed by atoms with Crippen LogP contribution >= 0.6 is 24.0 Å². The Balaban J connectivity index is 0.00000363. The molecule has 0 saturated carbocycles. The highest BCUT2D eigenvalue weighted by atomic mass is 127. The molecule has 1 aromatic heterocycles. The molecule has 2 aromatic rings. The topological polar surface area (TPSA) is 71.0 Å². The van der Waals surface area contributed by atoms with Crippen molar-refractivity contribution in [2.75, 3.05) is 26.7 Å². The van der Waals surface area contributed by atoms with Crippen LogP contribution in [0.4, 0.5) is 0 Å². The molecule has 0 radical (unpaired) electrons. The molecule has 2 unspecified atom stereocenters. The summed E-state index contributed by atoms with van der Waals surface area (Å²) in [4.78, 5) is 11.3. The molecule has 176 valence electrons. The number of halogens is 1. The second-order valence-corrected chi connectivity index (χ2v) is 8.19. The molecule has 1 saturated heterocycles. The van der Waals surface area contributed by atoms with Gasteiger partial charge < -0.3 is 20.1 Å². The largest absolute Gasteiger partial charge is 0.490 e. The van der Waals surface area contributed by atoms with Crippen LogP contribution in [0.15, 0.2) is 47.6 Å². The van der Waals surface area contributed by atoms with Crippen LogP contribution < -0.4 is 20.1 Å². The minimum Gasteiger partial charge on any atom is -0.490 e. The van der Waals surface area contributed by atoms with Crippen LogP contribution in [-0.2, 0) is 6.54 Å². The maximum Gasteiger partial charge on any atom is 0.219 e. The molecular weight excluding hydrogens is 517 g/mol. The third-order valence-corrected chi connectivity index (χ3v) is 5.54. The number of para-hydroxylation sites is 2. The first kappa shape index (κ1) is 26.2. The molecule has 1 aliphatic heterocycles. The van der Waals surface area contributed by atoms with Gasteiger partial charge in [0.25, 0.3) is 0 Å². The van der Waals surface area contributed by atoms with Crippen molar-refractivity contribution in [2.45, 2.75) is 46.3 Å². The number of nitrogens with one attached hydrogen (secondary N) is 2. The highest BCUT2D eigenvalue weighted by Gasteiger charge is 2.31. The van der Waals surface area contributed by atoms with Crippen molar-refractivity contribution in [1.82, 2.24) is 20.5 Å². The van der Waals surface area contributed by atoms with Crippen LogP contribution in [-0.4, -0.2) is 54.7 Å². The van der Waals surface area contributed by atoms with E-state index in [1.807, 2.05) is 49.5 Å². The number of rotatable bonds is 8. The van der Waals surface area contributed by atoms with E-state index in [9.17, 15) is 0 Å². The molecule has 32 heavy (non-hydrogen) atoms. The summed E-state index contributed by atoms with van der Waals surface area (Å²) in [6, 6.07) is 12.4. The number of aromatic nitrogens is 1. The molecule has 0 spiro atoms. The number of benzene rings is 1. The van der Waals surface area contributed by atoms with Crippen molar-refractivity contribution in [3.63, 3.8) is 0 Å². The number of guanidine groups is 1. The standard InChI is InChI=1S/C24H35N5O2.HI/c1-6-30-21-9-7-8-10-22(21)31-23-12-11-19(13-26-23)14-27-24(25-5)28-20-16-29(17(2)3)15-18(20)4;/h7-13,17-18,20H,6,14-16H2,1-5H3,(H2,25,27,28);1H. The maximum absolute atomic E-state index is 5.90. The van der Waals surface area contributed by atoms with Crippen molar-refractivity contribution < 1.29 is 9.47 Å². The summed E-state index contributed by atoms with van der Waals surface area (Å²) >= 11 is 0. The first-order valence-corrected chi connectivity index (χ1v) is 11.1. The van der Waals surface area contributed by atoms with E-state index in [0.29, 0.717) is 48.5 Å². The predicted molar refractivity (Wildman–Crippen MR) is 140 cm³/mol. The van der Waals surface area contributed by atoms with E-state index in [4.69, 9.17) is 9.47 Å². The van der Waals surface area contributed by atoms with Crippen molar-refractivity contribution in [1.29, 1.82) is 0 Å². The number of likely N-dealkylation sites (tertiary alicyclic amines) is 1. The van der Waals surface area contributed by atoms with Gasteiger partial charge in [0.05, 0.1) is 6.61 Å². The SMILES string of the molecule is CCOc1ccccc1Oc1ccc(CNC(=NC)NC2CN(C(C)C)CC2C)cn1.I. The van der Waals surface area contributed by atoms with Gasteiger partial charge in [0.15, 0.2) is 17.5 Å². The second kappa shape index (κ2) is 12.8. The van der Waals surface area contributed by atoms with Crippen LogP contribution in [0, 0.1) is 5.92 Å². The predicted octanol–water partition coefficient (Wildman–Crippen LogP) is 4.28. The lowest BCUT2D eigenvalue weighted by atomic mass is 10.1. The molecule has 0 amide bonds. The van der Waals surface area contributed by atoms with Crippen LogP contribution in [0.25, 0.3) is 0 Å². The van der Waals surface area contributed by atoms with Gasteiger partial charge in [-0.2, -0.15) is 0 Å². The third kappa shape index (κ3) is 7.23. The number of pyridine rings is 1. The van der Waals surface area contributed by atoms with Gasteiger partial charge >= 0.3 is 0 Å². The van der Waals surface area contributed by atoms with Gasteiger partial charge in [-0.15, -0.1) is 24.0 Å². The van der Waals surface area contributed by atoms with E-state index in [1.165, 1.54) is 0 Å². The van der Waals surface area contributed by atoms with Gasteiger partial charge in [0, 0.05) is 51.0 Å². The Morgan fingerprint density at radius 2 is 1.94 bits per heavy atom. The quantitative estimate of drug-likeness (QED) is 0.289. The fraction of sp³-hybridized carbons (Fsp3) is 0.500. The van der Waals surface area contributed by atoms with E-state index >= 15 is 0 Å². The molecule has 0 bridgehead atoms. The molecular formula is C24H36IN5O2. The van der Waals surface area contributed by atoms with Gasteiger partial charge in [-0.1, -0.05) is 25.1 Å². The van der Waals surface area contributed by atoms with Crippen LogP contribution in [0.3, 0.4) is 0 Å². The molecule has 1 aromatic carbocycles. The fourth-order valence-electron chi connectivity index (χ4n) is 3.67. The molecule has 3 rings (SSSR count). The smallest absolute Gasteiger partial charge is 0.219 e. The van der Waals surface area contributed by atoms with E-state index in [2.05, 4.69) is 46.3 Å². The van der Waals surface area contributed by atoms with Gasteiger partial charge in [-0.05, 0) is 44.4 Å². The minimum absolute atomic E-state index is 0. The summed E-state index contributed by atoms with van der Waals surface area (Å²) in [6.45, 7) is 12.1. The first-order chi connectivity index (χ1) is 15.0. The normalized spacial score (nSPS) is 18.9. The Labute approximate surface area is 209 Å². The Hall–Kier alpha value is -2.07. The summed E-state index contributed by atoms with van der Waals surface area (Å²) in [5.74, 6) is 3.30.